The quantitative estimate of drug-likeness (QED) is 0.803. The topological polar surface area (TPSA) is 69.6 Å². The summed E-state index contributed by atoms with van der Waals surface area (Å²) in [7, 11) is 0. The Bertz CT molecular complexity index is 506. The van der Waals surface area contributed by atoms with Gasteiger partial charge in [0.05, 0.1) is 10.6 Å². The molecule has 1 aromatic rings. The molecule has 0 spiro atoms. The zero-order valence-corrected chi connectivity index (χ0v) is 12.3. The molecular weight excluding hydrogens is 278 g/mol. The summed E-state index contributed by atoms with van der Waals surface area (Å²) in [4.78, 5) is 12.0. The predicted octanol–water partition coefficient (Wildman–Crippen LogP) is 2.72. The van der Waals surface area contributed by atoms with E-state index in [-0.39, 0.29) is 23.2 Å². The van der Waals surface area contributed by atoms with Crippen LogP contribution in [0.25, 0.3) is 0 Å². The molecule has 1 aliphatic rings. The summed E-state index contributed by atoms with van der Waals surface area (Å²) in [5, 5.41) is 22.7. The van der Waals surface area contributed by atoms with E-state index in [2.05, 4.69) is 12.2 Å². The number of aliphatic hydroxyl groups is 1. The van der Waals surface area contributed by atoms with Crippen molar-refractivity contribution in [2.45, 2.75) is 38.2 Å². The van der Waals surface area contributed by atoms with Crippen molar-refractivity contribution in [1.29, 1.82) is 0 Å². The van der Waals surface area contributed by atoms with Gasteiger partial charge in [0.1, 0.15) is 5.75 Å². The number of phenols is 1. The van der Waals surface area contributed by atoms with Crippen molar-refractivity contribution in [1.82, 2.24) is 5.32 Å². The van der Waals surface area contributed by atoms with Crippen LogP contribution in [0.1, 0.15) is 43.0 Å². The van der Waals surface area contributed by atoms with E-state index < -0.39 is 5.60 Å². The molecular formula is C15H20ClNO3. The number of carbonyl (C=O) groups excluding carboxylic acids is 1. The number of hydrogen-bond donors (Lipinski definition) is 3. The van der Waals surface area contributed by atoms with Crippen LogP contribution in [0.15, 0.2) is 18.2 Å². The van der Waals surface area contributed by atoms with E-state index in [9.17, 15) is 15.0 Å². The number of aromatic hydroxyl groups is 1. The summed E-state index contributed by atoms with van der Waals surface area (Å²) in [6, 6.07) is 4.30. The third-order valence-electron chi connectivity index (χ3n) is 3.86. The van der Waals surface area contributed by atoms with Gasteiger partial charge in [0.25, 0.3) is 5.91 Å². The number of rotatable bonds is 3. The summed E-state index contributed by atoms with van der Waals surface area (Å²) >= 11 is 5.77. The standard InChI is InChI=1S/C15H20ClNO3/c1-10-3-2-6-15(20,8-10)9-17-14(19)11-4-5-13(18)12(16)7-11/h4-5,7,10,18,20H,2-3,6,8-9H2,1H3,(H,17,19). The largest absolute Gasteiger partial charge is 0.506 e. The van der Waals surface area contributed by atoms with Gasteiger partial charge in [-0.15, -0.1) is 0 Å². The van der Waals surface area contributed by atoms with Gasteiger partial charge in [-0.2, -0.15) is 0 Å². The molecule has 0 aromatic heterocycles. The maximum Gasteiger partial charge on any atom is 0.251 e. The second kappa shape index (κ2) is 6.02. The first-order valence-corrected chi connectivity index (χ1v) is 7.26. The van der Waals surface area contributed by atoms with E-state index in [1.165, 1.54) is 18.2 Å². The Labute approximate surface area is 123 Å². The van der Waals surface area contributed by atoms with Crippen LogP contribution < -0.4 is 5.32 Å². The molecule has 2 rings (SSSR count). The van der Waals surface area contributed by atoms with Crippen molar-refractivity contribution in [2.24, 2.45) is 5.92 Å². The SMILES string of the molecule is CC1CCCC(O)(CNC(=O)c2ccc(O)c(Cl)c2)C1. The Morgan fingerprint density at radius 3 is 2.95 bits per heavy atom. The molecule has 20 heavy (non-hydrogen) atoms. The number of hydrogen-bond acceptors (Lipinski definition) is 3. The van der Waals surface area contributed by atoms with E-state index in [1.807, 2.05) is 0 Å². The van der Waals surface area contributed by atoms with Gasteiger partial charge in [-0.25, -0.2) is 0 Å². The number of benzene rings is 1. The Morgan fingerprint density at radius 1 is 1.55 bits per heavy atom. The van der Waals surface area contributed by atoms with E-state index in [4.69, 9.17) is 11.6 Å². The van der Waals surface area contributed by atoms with Crippen molar-refractivity contribution in [3.05, 3.63) is 28.8 Å². The van der Waals surface area contributed by atoms with Gasteiger partial charge >= 0.3 is 0 Å². The number of amides is 1. The minimum Gasteiger partial charge on any atom is -0.506 e. The fourth-order valence-corrected chi connectivity index (χ4v) is 2.97. The first-order valence-electron chi connectivity index (χ1n) is 6.89. The van der Waals surface area contributed by atoms with Gasteiger partial charge in [-0.3, -0.25) is 4.79 Å². The maximum atomic E-state index is 12.0. The Morgan fingerprint density at radius 2 is 2.30 bits per heavy atom. The average Bonchev–Trinajstić information content (AvgIpc) is 2.39. The van der Waals surface area contributed by atoms with Crippen molar-refractivity contribution in [2.75, 3.05) is 6.54 Å². The lowest BCUT2D eigenvalue weighted by Gasteiger charge is -2.35. The van der Waals surface area contributed by atoms with Crippen LogP contribution in [-0.4, -0.2) is 28.3 Å². The molecule has 1 aromatic carbocycles. The average molecular weight is 298 g/mol. The van der Waals surface area contributed by atoms with Crippen LogP contribution >= 0.6 is 11.6 Å². The van der Waals surface area contributed by atoms with Gasteiger partial charge in [0.2, 0.25) is 0 Å². The van der Waals surface area contributed by atoms with Crippen molar-refractivity contribution in [3.8, 4) is 5.75 Å². The first kappa shape index (κ1) is 15.1. The van der Waals surface area contributed by atoms with Gasteiger partial charge in [0, 0.05) is 12.1 Å². The highest BCUT2D eigenvalue weighted by molar-refractivity contribution is 6.32. The molecule has 1 aliphatic carbocycles. The van der Waals surface area contributed by atoms with Gasteiger partial charge < -0.3 is 15.5 Å². The Balaban J connectivity index is 1.96. The van der Waals surface area contributed by atoms with Crippen LogP contribution in [0.4, 0.5) is 0 Å². The second-order valence-corrected chi connectivity index (χ2v) is 6.18. The monoisotopic (exact) mass is 297 g/mol. The highest BCUT2D eigenvalue weighted by Gasteiger charge is 2.32. The molecule has 4 nitrogen and oxygen atoms in total. The highest BCUT2D eigenvalue weighted by Crippen LogP contribution is 2.31. The molecule has 1 fully saturated rings. The van der Waals surface area contributed by atoms with Crippen molar-refractivity contribution >= 4 is 17.5 Å². The Hall–Kier alpha value is -1.26. The Kier molecular flexibility index (Phi) is 4.55. The second-order valence-electron chi connectivity index (χ2n) is 5.77. The predicted molar refractivity (Wildman–Crippen MR) is 78.0 cm³/mol. The molecule has 3 N–H and O–H groups in total. The molecule has 1 amide bonds. The van der Waals surface area contributed by atoms with Crippen molar-refractivity contribution in [3.63, 3.8) is 0 Å². The molecule has 0 bridgehead atoms. The van der Waals surface area contributed by atoms with E-state index in [0.29, 0.717) is 24.3 Å². The molecule has 2 unspecified atom stereocenters. The molecule has 0 aliphatic heterocycles. The lowest BCUT2D eigenvalue weighted by molar-refractivity contribution is -0.0109. The fraction of sp³-hybridized carbons (Fsp3) is 0.533. The van der Waals surface area contributed by atoms with E-state index in [1.54, 1.807) is 0 Å². The highest BCUT2D eigenvalue weighted by atomic mass is 35.5. The smallest absolute Gasteiger partial charge is 0.251 e. The third-order valence-corrected chi connectivity index (χ3v) is 4.16. The number of phenolic OH excluding ortho intramolecular Hbond substituents is 1. The van der Waals surface area contributed by atoms with Crippen LogP contribution in [0.2, 0.25) is 5.02 Å². The number of halogens is 1. The first-order chi connectivity index (χ1) is 9.39. The molecule has 110 valence electrons. The van der Waals surface area contributed by atoms with Crippen LogP contribution in [-0.2, 0) is 0 Å². The number of carbonyl (C=O) groups is 1. The molecule has 0 radical (unpaired) electrons. The van der Waals surface area contributed by atoms with Crippen LogP contribution in [0.3, 0.4) is 0 Å². The van der Waals surface area contributed by atoms with Crippen LogP contribution in [0, 0.1) is 5.92 Å². The summed E-state index contributed by atoms with van der Waals surface area (Å²) in [6.45, 7) is 2.36. The minimum atomic E-state index is -0.811. The molecule has 5 heteroatoms. The minimum absolute atomic E-state index is 0.0528. The number of nitrogens with one attached hydrogen (secondary N) is 1. The van der Waals surface area contributed by atoms with Crippen LogP contribution in [0.5, 0.6) is 5.75 Å². The van der Waals surface area contributed by atoms with Crippen molar-refractivity contribution < 1.29 is 15.0 Å². The summed E-state index contributed by atoms with van der Waals surface area (Å²) in [5.74, 6) is 0.135. The van der Waals surface area contributed by atoms with Gasteiger partial charge in [-0.05, 0) is 37.0 Å². The summed E-state index contributed by atoms with van der Waals surface area (Å²) in [5.41, 5.74) is -0.436. The lowest BCUT2D eigenvalue weighted by atomic mass is 9.79. The molecule has 0 saturated heterocycles. The summed E-state index contributed by atoms with van der Waals surface area (Å²) in [6.07, 6.45) is 3.54. The maximum absolute atomic E-state index is 12.0. The van der Waals surface area contributed by atoms with E-state index in [0.717, 1.165) is 12.8 Å². The lowest BCUT2D eigenvalue weighted by Crippen LogP contribution is -2.45. The van der Waals surface area contributed by atoms with Gasteiger partial charge in [-0.1, -0.05) is 31.4 Å². The zero-order valence-electron chi connectivity index (χ0n) is 11.5. The normalized spacial score (nSPS) is 26.2. The molecule has 2 atom stereocenters. The van der Waals surface area contributed by atoms with E-state index >= 15 is 0 Å². The fourth-order valence-electron chi connectivity index (χ4n) is 2.79. The molecule has 1 saturated carbocycles. The zero-order chi connectivity index (χ0) is 14.8. The third kappa shape index (κ3) is 3.64. The summed E-state index contributed by atoms with van der Waals surface area (Å²) < 4.78 is 0. The van der Waals surface area contributed by atoms with Gasteiger partial charge in [0.15, 0.2) is 0 Å². The molecule has 0 heterocycles.